The molecule has 2 rings (SSSR count). The van der Waals surface area contributed by atoms with Crippen LogP contribution in [0.1, 0.15) is 10.4 Å². The van der Waals surface area contributed by atoms with Gasteiger partial charge in [0.25, 0.3) is 5.91 Å². The summed E-state index contributed by atoms with van der Waals surface area (Å²) < 4.78 is 6.04. The van der Waals surface area contributed by atoms with E-state index >= 15 is 0 Å². The van der Waals surface area contributed by atoms with Crippen LogP contribution in [-0.4, -0.2) is 18.0 Å². The maximum Gasteiger partial charge on any atom is 0.261 e. The molecule has 0 fully saturated rings. The first-order chi connectivity index (χ1) is 8.72. The van der Waals surface area contributed by atoms with Crippen LogP contribution in [0.15, 0.2) is 42.6 Å². The van der Waals surface area contributed by atoms with E-state index in [4.69, 9.17) is 4.74 Å². The van der Waals surface area contributed by atoms with Gasteiger partial charge < -0.3 is 10.1 Å². The summed E-state index contributed by atoms with van der Waals surface area (Å²) >= 11 is 2.17. The molecule has 0 aliphatic heterocycles. The highest BCUT2D eigenvalue weighted by Gasteiger charge is 2.13. The van der Waals surface area contributed by atoms with Crippen LogP contribution in [0.5, 0.6) is 5.88 Å². The lowest BCUT2D eigenvalue weighted by Gasteiger charge is -2.09. The number of nitrogens with zero attached hydrogens (tertiary/aromatic N) is 1. The van der Waals surface area contributed by atoms with Gasteiger partial charge >= 0.3 is 0 Å². The molecule has 2 aromatic rings. The van der Waals surface area contributed by atoms with Crippen molar-refractivity contribution in [1.29, 1.82) is 0 Å². The third kappa shape index (κ3) is 2.79. The standard InChI is InChI=1S/C13H11IN2O2/c1-18-13-9(5-4-8-15-13)12(17)16-11-7-3-2-6-10(11)14/h2-8H,1H3,(H,16,17). The fraction of sp³-hybridized carbons (Fsp3) is 0.0769. The SMILES string of the molecule is COc1ncccc1C(=O)Nc1ccccc1I. The molecule has 5 heteroatoms. The molecule has 0 saturated heterocycles. The van der Waals surface area contributed by atoms with Gasteiger partial charge in [0.15, 0.2) is 0 Å². The Morgan fingerprint density at radius 3 is 2.78 bits per heavy atom. The van der Waals surface area contributed by atoms with Crippen LogP contribution in [0.4, 0.5) is 5.69 Å². The predicted octanol–water partition coefficient (Wildman–Crippen LogP) is 2.95. The molecule has 1 aromatic carbocycles. The molecule has 18 heavy (non-hydrogen) atoms. The largest absolute Gasteiger partial charge is 0.480 e. The van der Waals surface area contributed by atoms with E-state index in [-0.39, 0.29) is 5.91 Å². The lowest BCUT2D eigenvalue weighted by atomic mass is 10.2. The number of benzene rings is 1. The normalized spacial score (nSPS) is 9.89. The van der Waals surface area contributed by atoms with E-state index < -0.39 is 0 Å². The Hall–Kier alpha value is -1.63. The summed E-state index contributed by atoms with van der Waals surface area (Å²) in [4.78, 5) is 16.1. The number of rotatable bonds is 3. The van der Waals surface area contributed by atoms with Crippen molar-refractivity contribution in [3.8, 4) is 5.88 Å². The molecule has 92 valence electrons. The highest BCUT2D eigenvalue weighted by molar-refractivity contribution is 14.1. The van der Waals surface area contributed by atoms with Crippen molar-refractivity contribution in [1.82, 2.24) is 4.98 Å². The van der Waals surface area contributed by atoms with Gasteiger partial charge in [0, 0.05) is 9.77 Å². The first kappa shape index (κ1) is 12.8. The molecule has 0 bridgehead atoms. The molecular weight excluding hydrogens is 343 g/mol. The van der Waals surface area contributed by atoms with Crippen molar-refractivity contribution in [2.75, 3.05) is 12.4 Å². The number of halogens is 1. The zero-order valence-corrected chi connectivity index (χ0v) is 11.8. The molecule has 0 radical (unpaired) electrons. The zero-order chi connectivity index (χ0) is 13.0. The second-order valence-electron chi connectivity index (χ2n) is 3.49. The maximum absolute atomic E-state index is 12.1. The van der Waals surface area contributed by atoms with Crippen LogP contribution in [0.3, 0.4) is 0 Å². The van der Waals surface area contributed by atoms with E-state index in [9.17, 15) is 4.79 Å². The summed E-state index contributed by atoms with van der Waals surface area (Å²) in [5.41, 5.74) is 1.19. The van der Waals surface area contributed by atoms with Crippen molar-refractivity contribution >= 4 is 34.2 Å². The highest BCUT2D eigenvalue weighted by atomic mass is 127. The molecule has 1 amide bonds. The average molecular weight is 354 g/mol. The summed E-state index contributed by atoms with van der Waals surface area (Å²) in [5.74, 6) is 0.0880. The molecular formula is C13H11IN2O2. The van der Waals surface area contributed by atoms with Crippen molar-refractivity contribution < 1.29 is 9.53 Å². The molecule has 1 aromatic heterocycles. The third-order valence-electron chi connectivity index (χ3n) is 2.33. The number of aromatic nitrogens is 1. The summed E-state index contributed by atoms with van der Waals surface area (Å²) in [6.45, 7) is 0. The van der Waals surface area contributed by atoms with E-state index in [0.717, 1.165) is 9.26 Å². The minimum Gasteiger partial charge on any atom is -0.480 e. The topological polar surface area (TPSA) is 51.2 Å². The Morgan fingerprint density at radius 1 is 1.28 bits per heavy atom. The Balaban J connectivity index is 2.25. The quantitative estimate of drug-likeness (QED) is 0.863. The number of para-hydroxylation sites is 1. The number of hydrogen-bond donors (Lipinski definition) is 1. The second-order valence-corrected chi connectivity index (χ2v) is 4.66. The molecule has 0 unspecified atom stereocenters. The smallest absolute Gasteiger partial charge is 0.261 e. The van der Waals surface area contributed by atoms with Gasteiger partial charge in [-0.05, 0) is 46.9 Å². The van der Waals surface area contributed by atoms with Gasteiger partial charge in [-0.1, -0.05) is 12.1 Å². The Labute approximate surface area is 119 Å². The maximum atomic E-state index is 12.1. The first-order valence-corrected chi connectivity index (χ1v) is 6.35. The van der Waals surface area contributed by atoms with Crippen molar-refractivity contribution in [2.24, 2.45) is 0 Å². The molecule has 1 N–H and O–H groups in total. The fourth-order valence-corrected chi connectivity index (χ4v) is 2.00. The molecule has 1 heterocycles. The first-order valence-electron chi connectivity index (χ1n) is 5.27. The minimum absolute atomic E-state index is 0.232. The number of anilines is 1. The number of amides is 1. The number of carbonyl (C=O) groups is 1. The van der Waals surface area contributed by atoms with Gasteiger partial charge in [-0.2, -0.15) is 0 Å². The Bertz CT molecular complexity index is 572. The summed E-state index contributed by atoms with van der Waals surface area (Å²) in [7, 11) is 1.49. The molecule has 0 saturated carbocycles. The average Bonchev–Trinajstić information content (AvgIpc) is 2.41. The van der Waals surface area contributed by atoms with Gasteiger partial charge in [-0.3, -0.25) is 4.79 Å². The molecule has 0 atom stereocenters. The summed E-state index contributed by atoms with van der Waals surface area (Å²) in [6.07, 6.45) is 1.59. The summed E-state index contributed by atoms with van der Waals surface area (Å²) in [5, 5.41) is 2.83. The van der Waals surface area contributed by atoms with Gasteiger partial charge in [0.2, 0.25) is 5.88 Å². The van der Waals surface area contributed by atoms with Crippen molar-refractivity contribution in [3.63, 3.8) is 0 Å². The number of hydrogen-bond acceptors (Lipinski definition) is 3. The lowest BCUT2D eigenvalue weighted by molar-refractivity contribution is 0.102. The van der Waals surface area contributed by atoms with Gasteiger partial charge in [-0.25, -0.2) is 4.98 Å². The van der Waals surface area contributed by atoms with E-state index in [0.29, 0.717) is 11.4 Å². The van der Waals surface area contributed by atoms with E-state index in [1.165, 1.54) is 7.11 Å². The predicted molar refractivity (Wildman–Crippen MR) is 77.9 cm³/mol. The number of pyridine rings is 1. The van der Waals surface area contributed by atoms with Gasteiger partial charge in [-0.15, -0.1) is 0 Å². The van der Waals surface area contributed by atoms with Crippen LogP contribution in [0, 0.1) is 3.57 Å². The number of ether oxygens (including phenoxy) is 1. The Morgan fingerprint density at radius 2 is 2.06 bits per heavy atom. The minimum atomic E-state index is -0.232. The number of methoxy groups -OCH3 is 1. The van der Waals surface area contributed by atoms with Crippen LogP contribution in [0.2, 0.25) is 0 Å². The van der Waals surface area contributed by atoms with Gasteiger partial charge in [0.05, 0.1) is 12.8 Å². The van der Waals surface area contributed by atoms with Crippen molar-refractivity contribution in [2.45, 2.75) is 0 Å². The Kier molecular flexibility index (Phi) is 4.14. The van der Waals surface area contributed by atoms with Crippen LogP contribution in [0.25, 0.3) is 0 Å². The zero-order valence-electron chi connectivity index (χ0n) is 9.68. The van der Waals surface area contributed by atoms with E-state index in [1.54, 1.807) is 18.3 Å². The molecule has 0 spiro atoms. The lowest BCUT2D eigenvalue weighted by Crippen LogP contribution is -2.14. The van der Waals surface area contributed by atoms with Crippen LogP contribution < -0.4 is 10.1 Å². The molecule has 0 aliphatic rings. The third-order valence-corrected chi connectivity index (χ3v) is 3.27. The summed E-state index contributed by atoms with van der Waals surface area (Å²) in [6, 6.07) is 10.9. The van der Waals surface area contributed by atoms with Crippen molar-refractivity contribution in [3.05, 3.63) is 51.7 Å². The second kappa shape index (κ2) is 5.81. The fourth-order valence-electron chi connectivity index (χ4n) is 1.48. The van der Waals surface area contributed by atoms with Crippen LogP contribution in [-0.2, 0) is 0 Å². The number of nitrogens with one attached hydrogen (secondary N) is 1. The monoisotopic (exact) mass is 354 g/mol. The highest BCUT2D eigenvalue weighted by Crippen LogP contribution is 2.20. The molecule has 4 nitrogen and oxygen atoms in total. The van der Waals surface area contributed by atoms with Crippen LogP contribution >= 0.6 is 22.6 Å². The van der Waals surface area contributed by atoms with Gasteiger partial charge in [0.1, 0.15) is 5.56 Å². The number of carbonyl (C=O) groups excluding carboxylic acids is 1. The van der Waals surface area contributed by atoms with E-state index in [2.05, 4.69) is 32.9 Å². The molecule has 0 aliphatic carbocycles. The van der Waals surface area contributed by atoms with E-state index in [1.807, 2.05) is 24.3 Å².